The van der Waals surface area contributed by atoms with Gasteiger partial charge in [-0.15, -0.1) is 0 Å². The van der Waals surface area contributed by atoms with Crippen LogP contribution in [0, 0.1) is 13.8 Å². The molecule has 0 bridgehead atoms. The number of para-hydroxylation sites is 2. The van der Waals surface area contributed by atoms with Gasteiger partial charge in [0.1, 0.15) is 0 Å². The fourth-order valence-electron chi connectivity index (χ4n) is 3.00. The van der Waals surface area contributed by atoms with Crippen LogP contribution in [0.5, 0.6) is 0 Å². The van der Waals surface area contributed by atoms with Crippen molar-refractivity contribution in [1.82, 2.24) is 14.8 Å². The number of amides is 1. The Labute approximate surface area is 155 Å². The quantitative estimate of drug-likeness (QED) is 0.589. The smallest absolute Gasteiger partial charge is 0.230 e. The topological polar surface area (TPSA) is 59.8 Å². The molecular formula is C20H18N4OS. The zero-order valence-electron chi connectivity index (χ0n) is 14.6. The zero-order valence-corrected chi connectivity index (χ0v) is 15.4. The number of benzene rings is 2. The van der Waals surface area contributed by atoms with Crippen LogP contribution in [0.3, 0.4) is 0 Å². The van der Waals surface area contributed by atoms with Crippen LogP contribution in [0.15, 0.2) is 54.6 Å². The number of thiazole rings is 1. The molecule has 4 aromatic rings. The van der Waals surface area contributed by atoms with E-state index in [0.29, 0.717) is 5.13 Å². The van der Waals surface area contributed by atoms with Crippen LogP contribution in [-0.4, -0.2) is 20.7 Å². The van der Waals surface area contributed by atoms with E-state index >= 15 is 0 Å². The zero-order chi connectivity index (χ0) is 18.1. The van der Waals surface area contributed by atoms with E-state index in [-0.39, 0.29) is 12.3 Å². The van der Waals surface area contributed by atoms with Crippen LogP contribution in [0.1, 0.15) is 17.0 Å². The van der Waals surface area contributed by atoms with Gasteiger partial charge in [-0.2, -0.15) is 5.10 Å². The Morgan fingerprint density at radius 1 is 1.08 bits per heavy atom. The number of aromatic nitrogens is 3. The second kappa shape index (κ2) is 6.72. The molecule has 26 heavy (non-hydrogen) atoms. The standard InChI is InChI=1S/C20H18N4OS/c1-13-16(14(2)24(23-13)15-8-4-3-5-9-15)12-19(25)22-20-21-17-10-6-7-11-18(17)26-20/h3-11H,12H2,1-2H3,(H,21,22,25). The van der Waals surface area contributed by atoms with Gasteiger partial charge in [0.25, 0.3) is 0 Å². The molecule has 1 amide bonds. The third kappa shape index (κ3) is 3.11. The molecule has 0 aliphatic rings. The normalized spacial score (nSPS) is 11.0. The first-order valence-electron chi connectivity index (χ1n) is 8.38. The fraction of sp³-hybridized carbons (Fsp3) is 0.150. The second-order valence-electron chi connectivity index (χ2n) is 6.11. The summed E-state index contributed by atoms with van der Waals surface area (Å²) in [5.41, 5.74) is 4.69. The van der Waals surface area contributed by atoms with Crippen molar-refractivity contribution >= 4 is 32.6 Å². The molecule has 0 aliphatic heterocycles. The van der Waals surface area contributed by atoms with E-state index in [9.17, 15) is 4.79 Å². The predicted molar refractivity (Wildman–Crippen MR) is 105 cm³/mol. The number of anilines is 1. The number of carbonyl (C=O) groups excluding carboxylic acids is 1. The van der Waals surface area contributed by atoms with E-state index in [4.69, 9.17) is 0 Å². The first kappa shape index (κ1) is 16.5. The minimum absolute atomic E-state index is 0.0807. The number of rotatable bonds is 4. The molecule has 0 atom stereocenters. The number of fused-ring (bicyclic) bond motifs is 1. The Morgan fingerprint density at radius 2 is 1.81 bits per heavy atom. The molecule has 0 radical (unpaired) electrons. The van der Waals surface area contributed by atoms with Gasteiger partial charge in [0, 0.05) is 11.3 Å². The van der Waals surface area contributed by atoms with E-state index < -0.39 is 0 Å². The number of nitrogens with zero attached hydrogens (tertiary/aromatic N) is 3. The van der Waals surface area contributed by atoms with Crippen molar-refractivity contribution in [3.8, 4) is 5.69 Å². The molecule has 0 saturated carbocycles. The highest BCUT2D eigenvalue weighted by Crippen LogP contribution is 2.26. The third-order valence-electron chi connectivity index (χ3n) is 4.32. The Hall–Kier alpha value is -2.99. The Kier molecular flexibility index (Phi) is 4.26. The number of hydrogen-bond donors (Lipinski definition) is 1. The van der Waals surface area contributed by atoms with Crippen molar-refractivity contribution in [2.45, 2.75) is 20.3 Å². The first-order valence-corrected chi connectivity index (χ1v) is 9.19. The predicted octanol–water partition coefficient (Wildman–Crippen LogP) is 4.28. The van der Waals surface area contributed by atoms with Gasteiger partial charge < -0.3 is 5.32 Å². The van der Waals surface area contributed by atoms with Gasteiger partial charge in [0.15, 0.2) is 5.13 Å². The summed E-state index contributed by atoms with van der Waals surface area (Å²) in [6, 6.07) is 17.8. The van der Waals surface area contributed by atoms with Gasteiger partial charge in [0.05, 0.1) is 28.0 Å². The van der Waals surface area contributed by atoms with E-state index in [1.54, 1.807) is 0 Å². The molecule has 2 heterocycles. The molecular weight excluding hydrogens is 344 g/mol. The molecule has 130 valence electrons. The largest absolute Gasteiger partial charge is 0.302 e. The monoisotopic (exact) mass is 362 g/mol. The van der Waals surface area contributed by atoms with Gasteiger partial charge in [0.2, 0.25) is 5.91 Å². The Bertz CT molecular complexity index is 1050. The maximum atomic E-state index is 12.5. The number of hydrogen-bond acceptors (Lipinski definition) is 4. The summed E-state index contributed by atoms with van der Waals surface area (Å²) in [6.45, 7) is 3.93. The first-order chi connectivity index (χ1) is 12.6. The summed E-state index contributed by atoms with van der Waals surface area (Å²) in [7, 11) is 0. The maximum Gasteiger partial charge on any atom is 0.230 e. The van der Waals surface area contributed by atoms with Crippen LogP contribution in [0.4, 0.5) is 5.13 Å². The summed E-state index contributed by atoms with van der Waals surface area (Å²) >= 11 is 1.48. The average molecular weight is 362 g/mol. The summed E-state index contributed by atoms with van der Waals surface area (Å²) in [4.78, 5) is 17.0. The summed E-state index contributed by atoms with van der Waals surface area (Å²) in [5, 5.41) is 8.14. The molecule has 6 heteroatoms. The third-order valence-corrected chi connectivity index (χ3v) is 5.27. The van der Waals surface area contributed by atoms with Crippen molar-refractivity contribution in [2.24, 2.45) is 0 Å². The summed E-state index contributed by atoms with van der Waals surface area (Å²) < 4.78 is 2.95. The lowest BCUT2D eigenvalue weighted by molar-refractivity contribution is -0.115. The summed E-state index contributed by atoms with van der Waals surface area (Å²) in [6.07, 6.45) is 0.278. The lowest BCUT2D eigenvalue weighted by Crippen LogP contribution is -2.15. The molecule has 1 N–H and O–H groups in total. The van der Waals surface area contributed by atoms with E-state index in [2.05, 4.69) is 15.4 Å². The highest BCUT2D eigenvalue weighted by atomic mass is 32.1. The van der Waals surface area contributed by atoms with Crippen molar-refractivity contribution in [1.29, 1.82) is 0 Å². The van der Waals surface area contributed by atoms with Crippen LogP contribution in [-0.2, 0) is 11.2 Å². The Balaban J connectivity index is 1.55. The number of nitrogens with one attached hydrogen (secondary N) is 1. The molecule has 2 aromatic carbocycles. The van der Waals surface area contributed by atoms with Crippen molar-refractivity contribution in [3.63, 3.8) is 0 Å². The molecule has 2 aromatic heterocycles. The molecule has 0 unspecified atom stereocenters. The molecule has 0 spiro atoms. The maximum absolute atomic E-state index is 12.5. The minimum atomic E-state index is -0.0807. The molecule has 0 aliphatic carbocycles. The Morgan fingerprint density at radius 3 is 2.58 bits per heavy atom. The van der Waals surface area contributed by atoms with Gasteiger partial charge in [-0.1, -0.05) is 41.7 Å². The van der Waals surface area contributed by atoms with Gasteiger partial charge >= 0.3 is 0 Å². The van der Waals surface area contributed by atoms with Crippen LogP contribution >= 0.6 is 11.3 Å². The van der Waals surface area contributed by atoms with Crippen LogP contribution in [0.2, 0.25) is 0 Å². The summed E-state index contributed by atoms with van der Waals surface area (Å²) in [5.74, 6) is -0.0807. The lowest BCUT2D eigenvalue weighted by Gasteiger charge is -2.05. The van der Waals surface area contributed by atoms with Crippen molar-refractivity contribution in [2.75, 3.05) is 5.32 Å². The van der Waals surface area contributed by atoms with Crippen molar-refractivity contribution < 1.29 is 4.79 Å². The lowest BCUT2D eigenvalue weighted by atomic mass is 10.1. The number of aryl methyl sites for hydroxylation is 1. The molecule has 0 fully saturated rings. The second-order valence-corrected chi connectivity index (χ2v) is 7.14. The highest BCUT2D eigenvalue weighted by Gasteiger charge is 2.17. The molecule has 5 nitrogen and oxygen atoms in total. The van der Waals surface area contributed by atoms with Gasteiger partial charge in [-0.3, -0.25) is 4.79 Å². The van der Waals surface area contributed by atoms with E-state index in [0.717, 1.165) is 32.9 Å². The average Bonchev–Trinajstić information content (AvgIpc) is 3.17. The van der Waals surface area contributed by atoms with Gasteiger partial charge in [-0.25, -0.2) is 9.67 Å². The minimum Gasteiger partial charge on any atom is -0.302 e. The highest BCUT2D eigenvalue weighted by molar-refractivity contribution is 7.22. The van der Waals surface area contributed by atoms with Gasteiger partial charge in [-0.05, 0) is 38.1 Å². The van der Waals surface area contributed by atoms with Crippen LogP contribution in [0.25, 0.3) is 15.9 Å². The molecule has 4 rings (SSSR count). The fourth-order valence-corrected chi connectivity index (χ4v) is 3.88. The van der Waals surface area contributed by atoms with E-state index in [1.807, 2.05) is 73.1 Å². The SMILES string of the molecule is Cc1nn(-c2ccccc2)c(C)c1CC(=O)Nc1nc2ccccc2s1. The van der Waals surface area contributed by atoms with E-state index in [1.165, 1.54) is 11.3 Å². The molecule has 0 saturated heterocycles. The number of carbonyl (C=O) groups is 1. The van der Waals surface area contributed by atoms with Crippen molar-refractivity contribution in [3.05, 3.63) is 71.5 Å². The van der Waals surface area contributed by atoms with Crippen LogP contribution < -0.4 is 5.32 Å².